The molecular weight excluding hydrogens is 280 g/mol. The summed E-state index contributed by atoms with van der Waals surface area (Å²) in [5.41, 5.74) is 0.727. The maximum absolute atomic E-state index is 11.9. The van der Waals surface area contributed by atoms with Crippen LogP contribution >= 0.6 is 0 Å². The Morgan fingerprint density at radius 3 is 2.68 bits per heavy atom. The van der Waals surface area contributed by atoms with Gasteiger partial charge in [-0.15, -0.1) is 0 Å². The van der Waals surface area contributed by atoms with E-state index in [1.165, 1.54) is 13.1 Å². The molecule has 22 heavy (non-hydrogen) atoms. The van der Waals surface area contributed by atoms with Crippen LogP contribution in [0, 0.1) is 17.2 Å². The van der Waals surface area contributed by atoms with E-state index in [1.54, 1.807) is 12.1 Å². The molecule has 0 aliphatic rings. The van der Waals surface area contributed by atoms with Crippen LogP contribution in [0.1, 0.15) is 25.8 Å². The fourth-order valence-electron chi connectivity index (χ4n) is 1.69. The highest BCUT2D eigenvalue weighted by Crippen LogP contribution is 2.21. The van der Waals surface area contributed by atoms with E-state index in [0.29, 0.717) is 5.75 Å². The summed E-state index contributed by atoms with van der Waals surface area (Å²) in [6.45, 7) is 3.98. The summed E-state index contributed by atoms with van der Waals surface area (Å²) in [7, 11) is 1.39. The van der Waals surface area contributed by atoms with Gasteiger partial charge in [0.1, 0.15) is 5.75 Å². The molecule has 5 heteroatoms. The van der Waals surface area contributed by atoms with Crippen LogP contribution in [0.2, 0.25) is 0 Å². The molecule has 0 aliphatic carbocycles. The Balaban J connectivity index is 2.92. The van der Waals surface area contributed by atoms with Gasteiger partial charge in [0.15, 0.2) is 11.7 Å². The number of nitrogens with zero attached hydrogens (tertiary/aromatic N) is 1. The number of allylic oxidation sites excluding steroid dienone is 1. The first-order valence-electron chi connectivity index (χ1n) is 7.12. The largest absolute Gasteiger partial charge is 0.490 e. The summed E-state index contributed by atoms with van der Waals surface area (Å²) in [4.78, 5) is 23.4. The molecule has 1 amide bonds. The number of carbonyl (C=O) groups is 2. The molecule has 116 valence electrons. The number of ketones is 1. The minimum Gasteiger partial charge on any atom is -0.490 e. The number of ether oxygens (including phenoxy) is 1. The van der Waals surface area contributed by atoms with Gasteiger partial charge in [0.25, 0.3) is 0 Å². The van der Waals surface area contributed by atoms with Gasteiger partial charge in [0, 0.05) is 12.6 Å². The van der Waals surface area contributed by atoms with Crippen molar-refractivity contribution in [2.45, 2.75) is 26.4 Å². The zero-order valence-electron chi connectivity index (χ0n) is 13.0. The average Bonchev–Trinajstić information content (AvgIpc) is 2.54. The van der Waals surface area contributed by atoms with Gasteiger partial charge in [-0.05, 0) is 31.6 Å². The number of amides is 1. The molecule has 0 bridgehead atoms. The van der Waals surface area contributed by atoms with Crippen molar-refractivity contribution >= 4 is 17.8 Å². The zero-order chi connectivity index (χ0) is 16.5. The van der Waals surface area contributed by atoms with Crippen molar-refractivity contribution in [1.29, 1.82) is 5.26 Å². The van der Waals surface area contributed by atoms with Gasteiger partial charge in [-0.25, -0.2) is 0 Å². The molecular formula is C17H20N2O3. The van der Waals surface area contributed by atoms with Crippen molar-refractivity contribution in [1.82, 2.24) is 5.32 Å². The maximum Gasteiger partial charge on any atom is 0.245 e. The Labute approximate surface area is 130 Å². The smallest absolute Gasteiger partial charge is 0.245 e. The van der Waals surface area contributed by atoms with E-state index >= 15 is 0 Å². The van der Waals surface area contributed by atoms with Gasteiger partial charge < -0.3 is 10.1 Å². The Morgan fingerprint density at radius 1 is 1.41 bits per heavy atom. The molecule has 0 aromatic heterocycles. The van der Waals surface area contributed by atoms with E-state index in [9.17, 15) is 9.59 Å². The number of nitrogens with one attached hydrogen (secondary N) is 1. The highest BCUT2D eigenvalue weighted by molar-refractivity contribution is 6.10. The van der Waals surface area contributed by atoms with Crippen molar-refractivity contribution in [3.63, 3.8) is 0 Å². The fraction of sp³-hybridized carbons (Fsp3) is 0.353. The van der Waals surface area contributed by atoms with Gasteiger partial charge >= 0.3 is 0 Å². The van der Waals surface area contributed by atoms with Crippen LogP contribution in [0.4, 0.5) is 0 Å². The lowest BCUT2D eigenvalue weighted by atomic mass is 10.0. The lowest BCUT2D eigenvalue weighted by molar-refractivity contribution is -0.129. The Hall–Kier alpha value is -2.61. The molecule has 0 fully saturated rings. The number of para-hydroxylation sites is 1. The van der Waals surface area contributed by atoms with Gasteiger partial charge in [0.05, 0.1) is 12.2 Å². The number of carbonyl (C=O) groups excluding carboxylic acids is 2. The van der Waals surface area contributed by atoms with Crippen molar-refractivity contribution in [2.24, 2.45) is 5.92 Å². The van der Waals surface area contributed by atoms with E-state index in [1.807, 2.05) is 38.1 Å². The van der Waals surface area contributed by atoms with Crippen molar-refractivity contribution < 1.29 is 14.3 Å². The molecule has 1 rings (SSSR count). The summed E-state index contributed by atoms with van der Waals surface area (Å²) in [5, 5.41) is 11.2. The highest BCUT2D eigenvalue weighted by Gasteiger charge is 2.23. The molecule has 0 saturated carbocycles. The standard InChI is InChI=1S/C17H20N2O3/c1-4-12(2)22-16-8-6-5-7-13(16)9-10-15(20)14(11-18)17(21)19-3/h5-10,12,14H,4H2,1-3H3,(H,19,21)/b10-9+. The molecule has 0 aliphatic heterocycles. The van der Waals surface area contributed by atoms with Crippen LogP contribution in [-0.4, -0.2) is 24.8 Å². The van der Waals surface area contributed by atoms with Gasteiger partial charge in [-0.1, -0.05) is 25.1 Å². The van der Waals surface area contributed by atoms with Gasteiger partial charge in [-0.3, -0.25) is 9.59 Å². The molecule has 1 N–H and O–H groups in total. The Kier molecular flexibility index (Phi) is 6.84. The van der Waals surface area contributed by atoms with Crippen molar-refractivity contribution in [2.75, 3.05) is 7.05 Å². The normalized spacial score (nSPS) is 13.2. The third-order valence-corrected chi connectivity index (χ3v) is 3.17. The van der Waals surface area contributed by atoms with Gasteiger partial charge in [0.2, 0.25) is 5.91 Å². The third-order valence-electron chi connectivity index (χ3n) is 3.17. The first kappa shape index (κ1) is 17.4. The fourth-order valence-corrected chi connectivity index (χ4v) is 1.69. The van der Waals surface area contributed by atoms with E-state index < -0.39 is 17.6 Å². The number of hydrogen-bond acceptors (Lipinski definition) is 4. The van der Waals surface area contributed by atoms with Crippen LogP contribution < -0.4 is 10.1 Å². The van der Waals surface area contributed by atoms with Crippen LogP contribution in [0.5, 0.6) is 5.75 Å². The van der Waals surface area contributed by atoms with Crippen molar-refractivity contribution in [3.05, 3.63) is 35.9 Å². The van der Waals surface area contributed by atoms with Crippen molar-refractivity contribution in [3.8, 4) is 11.8 Å². The Morgan fingerprint density at radius 2 is 2.09 bits per heavy atom. The second-order valence-corrected chi connectivity index (χ2v) is 4.79. The molecule has 0 heterocycles. The lowest BCUT2D eigenvalue weighted by Gasteiger charge is -2.14. The van der Waals surface area contributed by atoms with Crippen LogP contribution in [0.3, 0.4) is 0 Å². The summed E-state index contributed by atoms with van der Waals surface area (Å²) < 4.78 is 5.78. The summed E-state index contributed by atoms with van der Waals surface area (Å²) in [5.74, 6) is -1.83. The van der Waals surface area contributed by atoms with Crippen LogP contribution in [-0.2, 0) is 9.59 Å². The van der Waals surface area contributed by atoms with E-state index in [0.717, 1.165) is 12.0 Å². The first-order valence-corrected chi connectivity index (χ1v) is 7.12. The molecule has 1 aromatic rings. The SMILES string of the molecule is CCC(C)Oc1ccccc1/C=C/C(=O)C(C#N)C(=O)NC. The molecule has 5 nitrogen and oxygen atoms in total. The zero-order valence-corrected chi connectivity index (χ0v) is 13.0. The summed E-state index contributed by atoms with van der Waals surface area (Å²) in [6.07, 6.45) is 3.72. The predicted octanol–water partition coefficient (Wildman–Crippen LogP) is 2.33. The number of hydrogen-bond donors (Lipinski definition) is 1. The molecule has 0 spiro atoms. The second-order valence-electron chi connectivity index (χ2n) is 4.79. The lowest BCUT2D eigenvalue weighted by Crippen LogP contribution is -2.31. The van der Waals surface area contributed by atoms with E-state index in [-0.39, 0.29) is 6.10 Å². The molecule has 0 saturated heterocycles. The summed E-state index contributed by atoms with van der Waals surface area (Å²) in [6, 6.07) is 9.00. The van der Waals surface area contributed by atoms with Crippen LogP contribution in [0.15, 0.2) is 30.3 Å². The monoisotopic (exact) mass is 300 g/mol. The minimum atomic E-state index is -1.33. The van der Waals surface area contributed by atoms with Crippen LogP contribution in [0.25, 0.3) is 6.08 Å². The topological polar surface area (TPSA) is 79.2 Å². The maximum atomic E-state index is 11.9. The predicted molar refractivity (Wildman–Crippen MR) is 84.0 cm³/mol. The quantitative estimate of drug-likeness (QED) is 0.619. The summed E-state index contributed by atoms with van der Waals surface area (Å²) >= 11 is 0. The minimum absolute atomic E-state index is 0.0583. The molecule has 0 radical (unpaired) electrons. The second kappa shape index (κ2) is 8.63. The molecule has 1 aromatic carbocycles. The first-order chi connectivity index (χ1) is 10.5. The number of nitriles is 1. The number of rotatable bonds is 7. The molecule has 2 atom stereocenters. The van der Waals surface area contributed by atoms with E-state index in [2.05, 4.69) is 5.32 Å². The highest BCUT2D eigenvalue weighted by atomic mass is 16.5. The molecule has 2 unspecified atom stereocenters. The van der Waals surface area contributed by atoms with Gasteiger partial charge in [-0.2, -0.15) is 5.26 Å². The number of benzene rings is 1. The average molecular weight is 300 g/mol. The Bertz CT molecular complexity index is 602. The van der Waals surface area contributed by atoms with E-state index in [4.69, 9.17) is 10.00 Å². The third kappa shape index (κ3) is 4.74.